The molecule has 0 saturated heterocycles. The van der Waals surface area contributed by atoms with E-state index in [9.17, 15) is 0 Å². The molecule has 250 valence electrons. The topological polar surface area (TPSA) is 61.4 Å². The van der Waals surface area contributed by atoms with Gasteiger partial charge in [0.25, 0.3) is 0 Å². The normalized spacial score (nSPS) is 13.2. The van der Waals surface area contributed by atoms with Crippen molar-refractivity contribution in [2.75, 3.05) is 0 Å². The van der Waals surface area contributed by atoms with Crippen LogP contribution in [0.4, 0.5) is 0 Å². The monoisotopic (exact) mass is 680 g/mol. The highest BCUT2D eigenvalue weighted by molar-refractivity contribution is 6.09. The summed E-state index contributed by atoms with van der Waals surface area (Å²) in [6, 6.07) is 53.3. The van der Waals surface area contributed by atoms with Crippen LogP contribution in [0.3, 0.4) is 0 Å². The van der Waals surface area contributed by atoms with Gasteiger partial charge in [-0.3, -0.25) is 9.55 Å². The van der Waals surface area contributed by atoms with Gasteiger partial charge in [0.05, 0.1) is 33.3 Å². The molecule has 0 saturated carbocycles. The minimum Gasteiger partial charge on any atom is -0.307 e. The SMILES string of the molecule is CC1(C)c2ccccc2-c2cccc(-c3nc(-c4ccccc4-n4c5ccccc5c5ncccc54)nc(-n4c5ccccc5c5ccccc54)n3)c21. The van der Waals surface area contributed by atoms with Crippen LogP contribution < -0.4 is 0 Å². The lowest BCUT2D eigenvalue weighted by Crippen LogP contribution is -2.17. The Hall–Kier alpha value is -6.92. The molecular formula is C47H32N6. The van der Waals surface area contributed by atoms with Crippen molar-refractivity contribution in [3.05, 3.63) is 169 Å². The molecule has 10 aromatic rings. The average Bonchev–Trinajstić information content (AvgIpc) is 3.81. The van der Waals surface area contributed by atoms with E-state index in [0.29, 0.717) is 17.6 Å². The zero-order chi connectivity index (χ0) is 35.3. The molecule has 1 aliphatic carbocycles. The number of aromatic nitrogens is 6. The Morgan fingerprint density at radius 3 is 1.74 bits per heavy atom. The van der Waals surface area contributed by atoms with Crippen LogP contribution in [0.5, 0.6) is 0 Å². The molecule has 53 heavy (non-hydrogen) atoms. The molecule has 1 aliphatic rings. The van der Waals surface area contributed by atoms with Gasteiger partial charge in [0, 0.05) is 38.9 Å². The van der Waals surface area contributed by atoms with E-state index in [4.69, 9.17) is 19.9 Å². The molecule has 0 aliphatic heterocycles. The predicted molar refractivity (Wildman–Crippen MR) is 215 cm³/mol. The minimum absolute atomic E-state index is 0.254. The maximum Gasteiger partial charge on any atom is 0.238 e. The third-order valence-corrected chi connectivity index (χ3v) is 11.0. The fourth-order valence-corrected chi connectivity index (χ4v) is 8.78. The fourth-order valence-electron chi connectivity index (χ4n) is 8.78. The van der Waals surface area contributed by atoms with Crippen molar-refractivity contribution < 1.29 is 0 Å². The minimum atomic E-state index is -0.254. The second kappa shape index (κ2) is 11.0. The van der Waals surface area contributed by atoms with Crippen molar-refractivity contribution in [2.24, 2.45) is 0 Å². The van der Waals surface area contributed by atoms with E-state index in [0.717, 1.165) is 60.6 Å². The first kappa shape index (κ1) is 29.8. The smallest absolute Gasteiger partial charge is 0.238 e. The van der Waals surface area contributed by atoms with E-state index in [1.807, 2.05) is 12.3 Å². The second-order valence-corrected chi connectivity index (χ2v) is 14.3. The Balaban J connectivity index is 1.24. The summed E-state index contributed by atoms with van der Waals surface area (Å²) < 4.78 is 4.48. The van der Waals surface area contributed by atoms with Gasteiger partial charge in [-0.15, -0.1) is 0 Å². The lowest BCUT2D eigenvalue weighted by molar-refractivity contribution is 0.661. The van der Waals surface area contributed by atoms with Crippen LogP contribution in [0, 0.1) is 0 Å². The Kier molecular flexibility index (Phi) is 6.20. The van der Waals surface area contributed by atoms with Crippen LogP contribution in [0.15, 0.2) is 158 Å². The van der Waals surface area contributed by atoms with Gasteiger partial charge < -0.3 is 4.57 Å². The first-order chi connectivity index (χ1) is 26.1. The van der Waals surface area contributed by atoms with Crippen molar-refractivity contribution in [2.45, 2.75) is 19.3 Å². The van der Waals surface area contributed by atoms with Crippen LogP contribution in [0.1, 0.15) is 25.0 Å². The Morgan fingerprint density at radius 2 is 0.981 bits per heavy atom. The summed E-state index contributed by atoms with van der Waals surface area (Å²) in [7, 11) is 0. The summed E-state index contributed by atoms with van der Waals surface area (Å²) in [6.07, 6.45) is 1.86. The van der Waals surface area contributed by atoms with Crippen LogP contribution in [0.2, 0.25) is 0 Å². The van der Waals surface area contributed by atoms with Crippen LogP contribution in [0.25, 0.3) is 89.3 Å². The van der Waals surface area contributed by atoms with E-state index in [-0.39, 0.29) is 5.41 Å². The summed E-state index contributed by atoms with van der Waals surface area (Å²) in [5.41, 5.74) is 12.8. The van der Waals surface area contributed by atoms with Crippen LogP contribution >= 0.6 is 0 Å². The molecule has 0 spiro atoms. The van der Waals surface area contributed by atoms with Gasteiger partial charge in [-0.25, -0.2) is 4.98 Å². The highest BCUT2D eigenvalue weighted by atomic mass is 15.2. The van der Waals surface area contributed by atoms with Crippen molar-refractivity contribution >= 4 is 43.7 Å². The highest BCUT2D eigenvalue weighted by Gasteiger charge is 2.38. The van der Waals surface area contributed by atoms with Gasteiger partial charge in [-0.05, 0) is 64.7 Å². The fraction of sp³-hybridized carbons (Fsp3) is 0.0638. The number of nitrogens with zero attached hydrogens (tertiary/aromatic N) is 6. The Morgan fingerprint density at radius 1 is 0.434 bits per heavy atom. The van der Waals surface area contributed by atoms with Gasteiger partial charge in [0.2, 0.25) is 5.95 Å². The summed E-state index contributed by atoms with van der Waals surface area (Å²) in [6.45, 7) is 4.62. The number of para-hydroxylation sites is 4. The lowest BCUT2D eigenvalue weighted by Gasteiger charge is -2.24. The molecule has 11 rings (SSSR count). The van der Waals surface area contributed by atoms with E-state index < -0.39 is 0 Å². The van der Waals surface area contributed by atoms with Gasteiger partial charge in [-0.1, -0.05) is 123 Å². The molecule has 6 nitrogen and oxygen atoms in total. The Bertz CT molecular complexity index is 3000. The molecule has 0 bridgehead atoms. The molecule has 4 aromatic heterocycles. The number of pyridine rings is 1. The van der Waals surface area contributed by atoms with Crippen molar-refractivity contribution in [1.82, 2.24) is 29.1 Å². The molecule has 0 amide bonds. The molecule has 0 unspecified atom stereocenters. The third kappa shape index (κ3) is 4.20. The molecule has 4 heterocycles. The molecular weight excluding hydrogens is 649 g/mol. The molecule has 0 fully saturated rings. The van der Waals surface area contributed by atoms with E-state index in [2.05, 4.69) is 169 Å². The average molecular weight is 681 g/mol. The number of hydrogen-bond acceptors (Lipinski definition) is 4. The van der Waals surface area contributed by atoms with E-state index in [1.54, 1.807) is 0 Å². The molecule has 0 N–H and O–H groups in total. The highest BCUT2D eigenvalue weighted by Crippen LogP contribution is 2.52. The Labute approximate surface area is 305 Å². The maximum absolute atomic E-state index is 5.42. The van der Waals surface area contributed by atoms with Gasteiger partial charge in [0.15, 0.2) is 11.6 Å². The number of fused-ring (bicyclic) bond motifs is 9. The summed E-state index contributed by atoms with van der Waals surface area (Å²) in [5.74, 6) is 1.82. The number of hydrogen-bond donors (Lipinski definition) is 0. The quantitative estimate of drug-likeness (QED) is 0.186. The van der Waals surface area contributed by atoms with Crippen molar-refractivity contribution in [3.63, 3.8) is 0 Å². The largest absolute Gasteiger partial charge is 0.307 e. The van der Waals surface area contributed by atoms with Crippen molar-refractivity contribution in [3.8, 4) is 45.5 Å². The van der Waals surface area contributed by atoms with Gasteiger partial charge in [-0.2, -0.15) is 9.97 Å². The van der Waals surface area contributed by atoms with Gasteiger partial charge in [0.1, 0.15) is 0 Å². The maximum atomic E-state index is 5.42. The van der Waals surface area contributed by atoms with E-state index >= 15 is 0 Å². The molecule has 0 radical (unpaired) electrons. The number of benzene rings is 6. The summed E-state index contributed by atoms with van der Waals surface area (Å²) in [4.78, 5) is 21.0. The van der Waals surface area contributed by atoms with Crippen LogP contribution in [-0.4, -0.2) is 29.1 Å². The van der Waals surface area contributed by atoms with Gasteiger partial charge >= 0.3 is 0 Å². The van der Waals surface area contributed by atoms with E-state index in [1.165, 1.54) is 22.3 Å². The van der Waals surface area contributed by atoms with Crippen LogP contribution in [-0.2, 0) is 5.41 Å². The predicted octanol–water partition coefficient (Wildman–Crippen LogP) is 11.1. The summed E-state index contributed by atoms with van der Waals surface area (Å²) in [5, 5.41) is 3.41. The first-order valence-electron chi connectivity index (χ1n) is 18.0. The molecule has 6 aromatic carbocycles. The molecule has 0 atom stereocenters. The lowest BCUT2D eigenvalue weighted by atomic mass is 9.80. The zero-order valence-electron chi connectivity index (χ0n) is 29.2. The first-order valence-corrected chi connectivity index (χ1v) is 18.0. The molecule has 6 heteroatoms. The van der Waals surface area contributed by atoms with Crippen molar-refractivity contribution in [1.29, 1.82) is 0 Å². The summed E-state index contributed by atoms with van der Waals surface area (Å²) >= 11 is 0. The number of rotatable bonds is 4. The second-order valence-electron chi connectivity index (χ2n) is 14.3. The zero-order valence-corrected chi connectivity index (χ0v) is 29.2. The standard InChI is InChI=1S/C47H32N6/c1-47(2)36-22-8-3-15-29(36)32-20-13-21-35(42(32)47)45-49-44(50-46(51-45)53-37-23-9-4-16-30(37)31-17-5-10-24-38(31)53)34-19-7-12-26-40(34)52-39-25-11-6-18-33(39)43-41(52)27-14-28-48-43/h3-28H,1-2H3. The third-order valence-electron chi connectivity index (χ3n) is 11.0.